The van der Waals surface area contributed by atoms with Crippen LogP contribution in [0.1, 0.15) is 66.2 Å². The molecule has 3 aliphatic carbocycles. The summed E-state index contributed by atoms with van der Waals surface area (Å²) >= 11 is 1.89. The summed E-state index contributed by atoms with van der Waals surface area (Å²) in [6, 6.07) is 0. The smallest absolute Gasteiger partial charge is 0.0811 e. The SMILES string of the molecule is C=C1C(=CC=C2CCC[C@]3(C)C([C@H](C)SC[C@@H](O)C(C)C)=CC[C@@H]23)C[C@@H](O)C[C@@H]1O. The molecule has 168 valence electrons. The molecule has 0 unspecified atom stereocenters. The molecule has 0 bridgehead atoms. The predicted octanol–water partition coefficient (Wildman–Crippen LogP) is 5.19. The Hall–Kier alpha value is -0.810. The molecule has 0 aromatic carbocycles. The highest BCUT2D eigenvalue weighted by Gasteiger charge is 2.46. The average molecular weight is 433 g/mol. The molecule has 0 aliphatic heterocycles. The summed E-state index contributed by atoms with van der Waals surface area (Å²) in [7, 11) is 0. The fraction of sp³-hybridized carbons (Fsp3) is 0.692. The van der Waals surface area contributed by atoms with Gasteiger partial charge in [-0.15, -0.1) is 0 Å². The molecule has 0 saturated heterocycles. The van der Waals surface area contributed by atoms with Crippen LogP contribution in [0.5, 0.6) is 0 Å². The van der Waals surface area contributed by atoms with Gasteiger partial charge in [0.2, 0.25) is 0 Å². The number of allylic oxidation sites excluding steroid dienone is 4. The normalized spacial score (nSPS) is 36.9. The van der Waals surface area contributed by atoms with E-state index in [1.807, 2.05) is 11.8 Å². The van der Waals surface area contributed by atoms with E-state index in [4.69, 9.17) is 0 Å². The Labute approximate surface area is 187 Å². The van der Waals surface area contributed by atoms with Crippen LogP contribution in [0, 0.1) is 17.3 Å². The van der Waals surface area contributed by atoms with Crippen LogP contribution >= 0.6 is 11.8 Å². The number of rotatable bonds is 6. The summed E-state index contributed by atoms with van der Waals surface area (Å²) in [4.78, 5) is 0. The maximum Gasteiger partial charge on any atom is 0.0811 e. The molecule has 0 spiro atoms. The molecule has 0 aromatic rings. The standard InChI is InChI=1S/C26H40O3S/c1-16(2)25(29)15-30-18(4)22-10-11-23-19(7-6-12-26(22,23)5)8-9-20-13-21(27)14-24(28)17(20)3/h8-10,16,18,21,23-25,27-29H,3,6-7,11-15H2,1-2,4-5H3/t18-,21+,23-,24-,25+,26+/m0/s1. The number of fused-ring (bicyclic) bond motifs is 1. The highest BCUT2D eigenvalue weighted by atomic mass is 32.2. The van der Waals surface area contributed by atoms with Crippen LogP contribution in [-0.2, 0) is 0 Å². The second kappa shape index (κ2) is 9.77. The van der Waals surface area contributed by atoms with Crippen molar-refractivity contribution in [2.75, 3.05) is 5.75 Å². The van der Waals surface area contributed by atoms with E-state index in [1.54, 1.807) is 5.57 Å². The van der Waals surface area contributed by atoms with E-state index < -0.39 is 12.2 Å². The lowest BCUT2D eigenvalue weighted by molar-refractivity contribution is 0.0862. The first kappa shape index (κ1) is 23.8. The zero-order chi connectivity index (χ0) is 22.1. The van der Waals surface area contributed by atoms with E-state index in [2.05, 4.69) is 52.5 Å². The molecule has 30 heavy (non-hydrogen) atoms. The molecule has 4 heteroatoms. The van der Waals surface area contributed by atoms with Crippen molar-refractivity contribution in [2.24, 2.45) is 17.3 Å². The van der Waals surface area contributed by atoms with Crippen LogP contribution in [0.15, 0.2) is 47.1 Å². The second-order valence-corrected chi connectivity index (χ2v) is 11.4. The summed E-state index contributed by atoms with van der Waals surface area (Å²) in [6.07, 6.45) is 11.1. The third-order valence-corrected chi connectivity index (χ3v) is 8.89. The van der Waals surface area contributed by atoms with Crippen molar-refractivity contribution in [3.05, 3.63) is 47.1 Å². The Bertz CT molecular complexity index is 735. The van der Waals surface area contributed by atoms with Crippen molar-refractivity contribution in [3.8, 4) is 0 Å². The zero-order valence-electron chi connectivity index (χ0n) is 19.1. The van der Waals surface area contributed by atoms with E-state index in [0.29, 0.717) is 29.9 Å². The number of hydrogen-bond acceptors (Lipinski definition) is 4. The van der Waals surface area contributed by atoms with Gasteiger partial charge in [-0.05, 0) is 67.4 Å². The van der Waals surface area contributed by atoms with Crippen LogP contribution < -0.4 is 0 Å². The highest BCUT2D eigenvalue weighted by molar-refractivity contribution is 8.00. The van der Waals surface area contributed by atoms with Gasteiger partial charge in [-0.2, -0.15) is 11.8 Å². The van der Waals surface area contributed by atoms with Gasteiger partial charge in [0.25, 0.3) is 0 Å². The van der Waals surface area contributed by atoms with Crippen LogP contribution in [0.2, 0.25) is 0 Å². The number of thioether (sulfide) groups is 1. The van der Waals surface area contributed by atoms with Crippen molar-refractivity contribution in [3.63, 3.8) is 0 Å². The molecule has 0 heterocycles. The van der Waals surface area contributed by atoms with Crippen molar-refractivity contribution in [2.45, 2.75) is 89.8 Å². The van der Waals surface area contributed by atoms with Crippen LogP contribution in [0.4, 0.5) is 0 Å². The molecule has 0 aromatic heterocycles. The average Bonchev–Trinajstić information content (AvgIpc) is 3.04. The number of aliphatic hydroxyl groups excluding tert-OH is 3. The first-order valence-corrected chi connectivity index (χ1v) is 12.6. The molecule has 3 nitrogen and oxygen atoms in total. The lowest BCUT2D eigenvalue weighted by Gasteiger charge is -2.42. The molecular formula is C26H40O3S. The van der Waals surface area contributed by atoms with Crippen LogP contribution in [0.25, 0.3) is 0 Å². The van der Waals surface area contributed by atoms with E-state index in [-0.39, 0.29) is 11.5 Å². The fourth-order valence-electron chi connectivity index (χ4n) is 5.47. The lowest BCUT2D eigenvalue weighted by Crippen LogP contribution is -2.33. The highest BCUT2D eigenvalue weighted by Crippen LogP contribution is 2.56. The Kier molecular flexibility index (Phi) is 7.76. The molecule has 0 radical (unpaired) electrons. The molecule has 3 aliphatic rings. The largest absolute Gasteiger partial charge is 0.393 e. The maximum atomic E-state index is 10.2. The summed E-state index contributed by atoms with van der Waals surface area (Å²) < 4.78 is 0. The van der Waals surface area contributed by atoms with Gasteiger partial charge in [-0.3, -0.25) is 0 Å². The van der Waals surface area contributed by atoms with Crippen LogP contribution in [0.3, 0.4) is 0 Å². The molecule has 3 rings (SSSR count). The molecule has 6 atom stereocenters. The quantitative estimate of drug-likeness (QED) is 0.506. The Balaban J connectivity index is 1.73. The minimum atomic E-state index is -0.631. The summed E-state index contributed by atoms with van der Waals surface area (Å²) in [5.41, 5.74) is 4.98. The van der Waals surface area contributed by atoms with Crippen molar-refractivity contribution in [1.82, 2.24) is 0 Å². The van der Waals surface area contributed by atoms with Gasteiger partial charge in [0, 0.05) is 17.4 Å². The Morgan fingerprint density at radius 3 is 2.70 bits per heavy atom. The fourth-order valence-corrected chi connectivity index (χ4v) is 6.89. The van der Waals surface area contributed by atoms with Gasteiger partial charge >= 0.3 is 0 Å². The minimum Gasteiger partial charge on any atom is -0.393 e. The molecule has 2 fully saturated rings. The minimum absolute atomic E-state index is 0.195. The third-order valence-electron chi connectivity index (χ3n) is 7.60. The van der Waals surface area contributed by atoms with Gasteiger partial charge in [0.05, 0.1) is 18.3 Å². The van der Waals surface area contributed by atoms with E-state index >= 15 is 0 Å². The molecule has 2 saturated carbocycles. The van der Waals surface area contributed by atoms with E-state index in [1.165, 1.54) is 18.4 Å². The van der Waals surface area contributed by atoms with Crippen molar-refractivity contribution in [1.29, 1.82) is 0 Å². The van der Waals surface area contributed by atoms with E-state index in [0.717, 1.165) is 29.7 Å². The maximum absolute atomic E-state index is 10.2. The molecular weight excluding hydrogens is 392 g/mol. The van der Waals surface area contributed by atoms with Crippen molar-refractivity contribution < 1.29 is 15.3 Å². The third kappa shape index (κ3) is 4.98. The number of aliphatic hydroxyl groups is 3. The van der Waals surface area contributed by atoms with Gasteiger partial charge in [-0.1, -0.05) is 56.7 Å². The topological polar surface area (TPSA) is 60.7 Å². The van der Waals surface area contributed by atoms with Gasteiger partial charge in [0.15, 0.2) is 0 Å². The van der Waals surface area contributed by atoms with E-state index in [9.17, 15) is 15.3 Å². The Morgan fingerprint density at radius 2 is 2.00 bits per heavy atom. The molecule has 0 amide bonds. The Morgan fingerprint density at radius 1 is 1.27 bits per heavy atom. The van der Waals surface area contributed by atoms with Gasteiger partial charge in [-0.25, -0.2) is 0 Å². The summed E-state index contributed by atoms with van der Waals surface area (Å²) in [6.45, 7) is 12.9. The van der Waals surface area contributed by atoms with Gasteiger partial charge < -0.3 is 15.3 Å². The van der Waals surface area contributed by atoms with Gasteiger partial charge in [0.1, 0.15) is 0 Å². The zero-order valence-corrected chi connectivity index (χ0v) is 19.9. The van der Waals surface area contributed by atoms with Crippen molar-refractivity contribution >= 4 is 11.8 Å². The predicted molar refractivity (Wildman–Crippen MR) is 127 cm³/mol. The first-order chi connectivity index (χ1) is 14.1. The lowest BCUT2D eigenvalue weighted by atomic mass is 9.64. The number of hydrogen-bond donors (Lipinski definition) is 3. The molecule has 3 N–H and O–H groups in total. The summed E-state index contributed by atoms with van der Waals surface area (Å²) in [5.74, 6) is 1.62. The first-order valence-electron chi connectivity index (χ1n) is 11.6. The van der Waals surface area contributed by atoms with Crippen LogP contribution in [-0.4, -0.2) is 44.6 Å². The summed E-state index contributed by atoms with van der Waals surface area (Å²) in [5, 5.41) is 30.8. The second-order valence-electron chi connectivity index (χ2n) is 10.1. The monoisotopic (exact) mass is 432 g/mol.